The molecule has 0 aliphatic carbocycles. The van der Waals surface area contributed by atoms with Crippen molar-refractivity contribution in [1.82, 2.24) is 14.5 Å². The number of thiophene rings is 1. The molecule has 6 nitrogen and oxygen atoms in total. The molecule has 0 saturated carbocycles. The SMILES string of the molecule is C[C@H](C(=O)NCCN1CCCC1)C1CCN(S(=O)(=O)c2ccc(Cl)s2)CC1. The average molecular weight is 434 g/mol. The number of likely N-dealkylation sites (tertiary alicyclic amines) is 1. The van der Waals surface area contributed by atoms with Crippen LogP contribution < -0.4 is 5.32 Å². The number of nitrogens with one attached hydrogen (secondary N) is 1. The molecule has 2 saturated heterocycles. The van der Waals surface area contributed by atoms with E-state index >= 15 is 0 Å². The first kappa shape index (κ1) is 21.0. The lowest BCUT2D eigenvalue weighted by atomic mass is 9.85. The van der Waals surface area contributed by atoms with Crippen molar-refractivity contribution in [3.05, 3.63) is 16.5 Å². The maximum atomic E-state index is 12.7. The zero-order chi connectivity index (χ0) is 19.4. The first-order valence-electron chi connectivity index (χ1n) is 9.63. The van der Waals surface area contributed by atoms with Crippen molar-refractivity contribution < 1.29 is 13.2 Å². The van der Waals surface area contributed by atoms with Gasteiger partial charge in [0.05, 0.1) is 4.34 Å². The minimum absolute atomic E-state index is 0.0838. The lowest BCUT2D eigenvalue weighted by Crippen LogP contribution is -2.43. The highest BCUT2D eigenvalue weighted by molar-refractivity contribution is 7.91. The summed E-state index contributed by atoms with van der Waals surface area (Å²) in [6.07, 6.45) is 3.92. The van der Waals surface area contributed by atoms with E-state index in [2.05, 4.69) is 10.2 Å². The second-order valence-corrected chi connectivity index (χ2v) is 11.3. The third kappa shape index (κ3) is 5.23. The Morgan fingerprint density at radius 2 is 1.93 bits per heavy atom. The van der Waals surface area contributed by atoms with Gasteiger partial charge in [0.15, 0.2) is 0 Å². The van der Waals surface area contributed by atoms with E-state index in [9.17, 15) is 13.2 Å². The minimum atomic E-state index is -3.47. The van der Waals surface area contributed by atoms with Crippen LogP contribution in [0.5, 0.6) is 0 Å². The van der Waals surface area contributed by atoms with Crippen molar-refractivity contribution in [2.45, 2.75) is 36.8 Å². The van der Waals surface area contributed by atoms with Crippen LogP contribution in [0.15, 0.2) is 16.3 Å². The molecular formula is C18H28ClN3O3S2. The maximum absolute atomic E-state index is 12.7. The fraction of sp³-hybridized carbons (Fsp3) is 0.722. The third-order valence-electron chi connectivity index (χ3n) is 5.69. The molecule has 2 fully saturated rings. The second kappa shape index (κ2) is 9.22. The topological polar surface area (TPSA) is 69.7 Å². The largest absolute Gasteiger partial charge is 0.355 e. The van der Waals surface area contributed by atoms with Crippen molar-refractivity contribution in [1.29, 1.82) is 0 Å². The number of hydrogen-bond acceptors (Lipinski definition) is 5. The van der Waals surface area contributed by atoms with Gasteiger partial charge in [0.2, 0.25) is 5.91 Å². The highest BCUT2D eigenvalue weighted by Gasteiger charge is 2.34. The van der Waals surface area contributed by atoms with Crippen molar-refractivity contribution >= 4 is 38.9 Å². The summed E-state index contributed by atoms with van der Waals surface area (Å²) in [5.74, 6) is 0.209. The van der Waals surface area contributed by atoms with Gasteiger partial charge in [-0.3, -0.25) is 4.79 Å². The van der Waals surface area contributed by atoms with Gasteiger partial charge >= 0.3 is 0 Å². The van der Waals surface area contributed by atoms with E-state index in [1.54, 1.807) is 12.1 Å². The zero-order valence-corrected chi connectivity index (χ0v) is 18.1. The molecule has 0 aromatic carbocycles. The maximum Gasteiger partial charge on any atom is 0.252 e. The van der Waals surface area contributed by atoms with Crippen molar-refractivity contribution in [3.63, 3.8) is 0 Å². The molecule has 1 aromatic rings. The number of piperidine rings is 1. The average Bonchev–Trinajstić information content (AvgIpc) is 3.33. The summed E-state index contributed by atoms with van der Waals surface area (Å²) in [6, 6.07) is 3.17. The number of amides is 1. The van der Waals surface area contributed by atoms with Crippen LogP contribution in [0, 0.1) is 11.8 Å². The van der Waals surface area contributed by atoms with Crippen molar-refractivity contribution in [2.24, 2.45) is 11.8 Å². The number of carbonyl (C=O) groups is 1. The summed E-state index contributed by atoms with van der Waals surface area (Å²) in [7, 11) is -3.47. The van der Waals surface area contributed by atoms with E-state index < -0.39 is 10.0 Å². The van der Waals surface area contributed by atoms with Gasteiger partial charge in [0.1, 0.15) is 4.21 Å². The number of rotatable bonds is 7. The van der Waals surface area contributed by atoms with Crippen LogP contribution in [0.4, 0.5) is 0 Å². The predicted molar refractivity (Wildman–Crippen MR) is 109 cm³/mol. The molecular weight excluding hydrogens is 406 g/mol. The van der Waals surface area contributed by atoms with Crippen LogP contribution >= 0.6 is 22.9 Å². The molecule has 1 aromatic heterocycles. The number of sulfonamides is 1. The van der Waals surface area contributed by atoms with E-state index in [1.165, 1.54) is 17.1 Å². The molecule has 3 heterocycles. The fourth-order valence-corrected chi connectivity index (χ4v) is 7.00. The van der Waals surface area contributed by atoms with Gasteiger partial charge in [0, 0.05) is 32.1 Å². The molecule has 1 N–H and O–H groups in total. The molecule has 152 valence electrons. The second-order valence-electron chi connectivity index (χ2n) is 7.43. The highest BCUT2D eigenvalue weighted by Crippen LogP contribution is 2.32. The number of halogens is 1. The molecule has 0 spiro atoms. The van der Waals surface area contributed by atoms with E-state index in [0.717, 1.165) is 31.0 Å². The highest BCUT2D eigenvalue weighted by atomic mass is 35.5. The van der Waals surface area contributed by atoms with Crippen LogP contribution in [0.1, 0.15) is 32.6 Å². The lowest BCUT2D eigenvalue weighted by molar-refractivity contribution is -0.126. The fourth-order valence-electron chi connectivity index (χ4n) is 3.90. The monoisotopic (exact) mass is 433 g/mol. The Bertz CT molecular complexity index is 739. The first-order chi connectivity index (χ1) is 12.9. The number of nitrogens with zero attached hydrogens (tertiary/aromatic N) is 2. The molecule has 3 rings (SSSR count). The molecule has 1 atom stereocenters. The third-order valence-corrected chi connectivity index (χ3v) is 9.29. The van der Waals surface area contributed by atoms with Gasteiger partial charge in [0.25, 0.3) is 10.0 Å². The van der Waals surface area contributed by atoms with Gasteiger partial charge in [-0.2, -0.15) is 4.31 Å². The van der Waals surface area contributed by atoms with Gasteiger partial charge < -0.3 is 10.2 Å². The van der Waals surface area contributed by atoms with E-state index in [1.807, 2.05) is 6.92 Å². The summed E-state index contributed by atoms with van der Waals surface area (Å²) in [5, 5.41) is 3.05. The summed E-state index contributed by atoms with van der Waals surface area (Å²) >= 11 is 6.96. The summed E-state index contributed by atoms with van der Waals surface area (Å²) in [5.41, 5.74) is 0. The van der Waals surface area contributed by atoms with Gasteiger partial charge in [-0.15, -0.1) is 11.3 Å². The summed E-state index contributed by atoms with van der Waals surface area (Å²) in [4.78, 5) is 14.8. The normalized spacial score (nSPS) is 21.4. The van der Waals surface area contributed by atoms with Gasteiger partial charge in [-0.25, -0.2) is 8.42 Å². The summed E-state index contributed by atoms with van der Waals surface area (Å²) < 4.78 is 27.6. The van der Waals surface area contributed by atoms with Crippen LogP contribution in [0.3, 0.4) is 0 Å². The Kier molecular flexibility index (Phi) is 7.19. The van der Waals surface area contributed by atoms with Crippen LogP contribution in [0.25, 0.3) is 0 Å². The van der Waals surface area contributed by atoms with E-state index in [4.69, 9.17) is 11.6 Å². The van der Waals surface area contributed by atoms with Gasteiger partial charge in [-0.05, 0) is 56.8 Å². The molecule has 2 aliphatic rings. The molecule has 1 amide bonds. The van der Waals surface area contributed by atoms with E-state index in [0.29, 0.717) is 41.0 Å². The Labute approximate surface area is 170 Å². The van der Waals surface area contributed by atoms with Crippen LogP contribution in [-0.2, 0) is 14.8 Å². The molecule has 9 heteroatoms. The Morgan fingerprint density at radius 1 is 1.26 bits per heavy atom. The molecule has 0 unspecified atom stereocenters. The van der Waals surface area contributed by atoms with E-state index in [-0.39, 0.29) is 17.7 Å². The zero-order valence-electron chi connectivity index (χ0n) is 15.7. The quantitative estimate of drug-likeness (QED) is 0.717. The van der Waals surface area contributed by atoms with Crippen molar-refractivity contribution in [3.8, 4) is 0 Å². The molecule has 0 radical (unpaired) electrons. The van der Waals surface area contributed by atoms with Crippen LogP contribution in [-0.4, -0.2) is 62.8 Å². The molecule has 27 heavy (non-hydrogen) atoms. The van der Waals surface area contributed by atoms with Gasteiger partial charge in [-0.1, -0.05) is 18.5 Å². The molecule has 0 bridgehead atoms. The standard InChI is InChI=1S/C18H28ClN3O3S2/c1-14(18(23)20-8-13-21-9-2-3-10-21)15-6-11-22(12-7-15)27(24,25)17-5-4-16(19)26-17/h4-5,14-15H,2-3,6-13H2,1H3,(H,20,23)/t14-/m0/s1. The van der Waals surface area contributed by atoms with Crippen LogP contribution in [0.2, 0.25) is 4.34 Å². The Morgan fingerprint density at radius 3 is 2.52 bits per heavy atom. The minimum Gasteiger partial charge on any atom is -0.355 e. The number of hydrogen-bond donors (Lipinski definition) is 1. The Balaban J connectivity index is 1.45. The summed E-state index contributed by atoms with van der Waals surface area (Å²) in [6.45, 7) is 6.73. The smallest absolute Gasteiger partial charge is 0.252 e. The lowest BCUT2D eigenvalue weighted by Gasteiger charge is -2.33. The van der Waals surface area contributed by atoms with Crippen molar-refractivity contribution in [2.75, 3.05) is 39.3 Å². The molecule has 2 aliphatic heterocycles. The number of carbonyl (C=O) groups excluding carboxylic acids is 1. The first-order valence-corrected chi connectivity index (χ1v) is 12.3. The predicted octanol–water partition coefficient (Wildman–Crippen LogP) is 2.65. The Hall–Kier alpha value is -0.670.